The van der Waals surface area contributed by atoms with Gasteiger partial charge in [-0.1, -0.05) is 30.3 Å². The molecule has 3 N–H and O–H groups in total. The molecule has 4 aromatic rings. The Morgan fingerprint density at radius 1 is 1.06 bits per heavy atom. The van der Waals surface area contributed by atoms with Crippen molar-refractivity contribution in [3.63, 3.8) is 0 Å². The Bertz CT molecular complexity index is 1210. The van der Waals surface area contributed by atoms with Gasteiger partial charge >= 0.3 is 6.09 Å². The molecule has 2 heterocycles. The van der Waals surface area contributed by atoms with Crippen molar-refractivity contribution in [2.45, 2.75) is 32.8 Å². The Hall–Kier alpha value is -3.54. The number of alkyl carbamates (subject to hydrolysis) is 1. The Kier molecular flexibility index (Phi) is 5.80. The van der Waals surface area contributed by atoms with Gasteiger partial charge < -0.3 is 20.4 Å². The molecular formula is C25H28N4O2. The third-order valence-corrected chi connectivity index (χ3v) is 4.92. The highest BCUT2D eigenvalue weighted by atomic mass is 16.6. The molecule has 1 amide bonds. The van der Waals surface area contributed by atoms with Crippen LogP contribution in [0, 0.1) is 0 Å². The topological polar surface area (TPSA) is 79.0 Å². The Balaban J connectivity index is 1.43. The predicted molar refractivity (Wildman–Crippen MR) is 126 cm³/mol. The number of benzene rings is 2. The van der Waals surface area contributed by atoms with E-state index < -0.39 is 5.60 Å². The van der Waals surface area contributed by atoms with E-state index in [4.69, 9.17) is 4.74 Å². The summed E-state index contributed by atoms with van der Waals surface area (Å²) in [5.41, 5.74) is 4.83. The van der Waals surface area contributed by atoms with Crippen molar-refractivity contribution in [3.8, 4) is 11.1 Å². The molecule has 0 saturated carbocycles. The number of carbonyl (C=O) groups is 1. The average molecular weight is 417 g/mol. The third-order valence-electron chi connectivity index (χ3n) is 4.92. The number of nitrogens with one attached hydrogen (secondary N) is 3. The molecule has 0 aliphatic heterocycles. The highest BCUT2D eigenvalue weighted by Gasteiger charge is 2.15. The molecule has 0 aliphatic rings. The Morgan fingerprint density at radius 2 is 1.90 bits per heavy atom. The number of hydrogen-bond acceptors (Lipinski definition) is 4. The second-order valence-electron chi connectivity index (χ2n) is 8.54. The molecule has 0 bridgehead atoms. The van der Waals surface area contributed by atoms with Crippen LogP contribution in [0.15, 0.2) is 60.8 Å². The number of nitrogens with zero attached hydrogens (tertiary/aromatic N) is 1. The van der Waals surface area contributed by atoms with Crippen LogP contribution in [0.4, 0.5) is 10.5 Å². The number of pyridine rings is 1. The molecule has 0 radical (unpaired) electrons. The van der Waals surface area contributed by atoms with E-state index in [9.17, 15) is 4.79 Å². The van der Waals surface area contributed by atoms with Gasteiger partial charge in [0.1, 0.15) is 11.2 Å². The van der Waals surface area contributed by atoms with Gasteiger partial charge in [-0.2, -0.15) is 0 Å². The number of aromatic amines is 1. The highest BCUT2D eigenvalue weighted by Crippen LogP contribution is 2.34. The number of fused-ring (bicyclic) bond motifs is 3. The quantitative estimate of drug-likeness (QED) is 0.352. The van der Waals surface area contributed by atoms with Gasteiger partial charge in [-0.25, -0.2) is 9.78 Å². The minimum absolute atomic E-state index is 0.380. The van der Waals surface area contributed by atoms with Gasteiger partial charge in [-0.15, -0.1) is 0 Å². The molecule has 0 fully saturated rings. The van der Waals surface area contributed by atoms with Gasteiger partial charge in [0.15, 0.2) is 0 Å². The number of anilines is 1. The molecule has 0 unspecified atom stereocenters. The molecule has 4 rings (SSSR count). The van der Waals surface area contributed by atoms with Gasteiger partial charge in [-0.05, 0) is 62.6 Å². The van der Waals surface area contributed by atoms with Crippen LogP contribution >= 0.6 is 0 Å². The SMILES string of the molecule is CC(C)(C)OC(=O)NCCCNc1cccc(-c2ccnc3[nH]c4ccccc4c23)c1. The molecular weight excluding hydrogens is 388 g/mol. The highest BCUT2D eigenvalue weighted by molar-refractivity contribution is 6.12. The summed E-state index contributed by atoms with van der Waals surface area (Å²) >= 11 is 0. The van der Waals surface area contributed by atoms with E-state index in [1.165, 1.54) is 5.39 Å². The lowest BCUT2D eigenvalue weighted by Crippen LogP contribution is -2.33. The summed E-state index contributed by atoms with van der Waals surface area (Å²) in [6.45, 7) is 6.87. The summed E-state index contributed by atoms with van der Waals surface area (Å²) < 4.78 is 5.25. The molecule has 31 heavy (non-hydrogen) atoms. The van der Waals surface area contributed by atoms with Crippen molar-refractivity contribution < 1.29 is 9.53 Å². The van der Waals surface area contributed by atoms with E-state index in [2.05, 4.69) is 69.1 Å². The van der Waals surface area contributed by atoms with Crippen molar-refractivity contribution in [2.75, 3.05) is 18.4 Å². The van der Waals surface area contributed by atoms with E-state index in [0.29, 0.717) is 6.54 Å². The maximum atomic E-state index is 11.7. The molecule has 0 spiro atoms. The van der Waals surface area contributed by atoms with E-state index in [-0.39, 0.29) is 6.09 Å². The van der Waals surface area contributed by atoms with Gasteiger partial charge in [-0.3, -0.25) is 0 Å². The number of hydrogen-bond donors (Lipinski definition) is 3. The first kappa shape index (κ1) is 20.7. The fourth-order valence-corrected chi connectivity index (χ4v) is 3.63. The summed E-state index contributed by atoms with van der Waals surface area (Å²) in [5.74, 6) is 0. The van der Waals surface area contributed by atoms with Crippen molar-refractivity contribution in [3.05, 3.63) is 60.8 Å². The van der Waals surface area contributed by atoms with E-state index in [1.807, 2.05) is 33.0 Å². The second kappa shape index (κ2) is 8.68. The number of para-hydroxylation sites is 1. The van der Waals surface area contributed by atoms with E-state index in [1.54, 1.807) is 0 Å². The zero-order chi connectivity index (χ0) is 21.8. The standard InChI is InChI=1S/C25H28N4O2/c1-25(2,3)31-24(30)28-14-7-13-26-18-9-6-8-17(16-18)19-12-15-27-23-22(19)20-10-4-5-11-21(20)29-23/h4-6,8-12,15-16,26H,7,13-14H2,1-3H3,(H,27,29)(H,28,30). The van der Waals surface area contributed by atoms with Gasteiger partial charge in [0.25, 0.3) is 0 Å². The minimum Gasteiger partial charge on any atom is -0.444 e. The van der Waals surface area contributed by atoms with Crippen LogP contribution in [0.25, 0.3) is 33.1 Å². The lowest BCUT2D eigenvalue weighted by molar-refractivity contribution is 0.0528. The molecule has 6 nitrogen and oxygen atoms in total. The zero-order valence-electron chi connectivity index (χ0n) is 18.2. The predicted octanol–water partition coefficient (Wildman–Crippen LogP) is 5.71. The molecule has 160 valence electrons. The fraction of sp³-hybridized carbons (Fsp3) is 0.280. The van der Waals surface area contributed by atoms with Crippen LogP contribution in [-0.4, -0.2) is 34.8 Å². The van der Waals surface area contributed by atoms with Crippen molar-refractivity contribution in [2.24, 2.45) is 0 Å². The minimum atomic E-state index is -0.480. The summed E-state index contributed by atoms with van der Waals surface area (Å²) in [5, 5.41) is 8.53. The zero-order valence-corrected chi connectivity index (χ0v) is 18.2. The Morgan fingerprint density at radius 3 is 2.74 bits per heavy atom. The van der Waals surface area contributed by atoms with Crippen LogP contribution in [0.1, 0.15) is 27.2 Å². The number of aromatic nitrogens is 2. The molecule has 0 aliphatic carbocycles. The molecule has 2 aromatic heterocycles. The van der Waals surface area contributed by atoms with Gasteiger partial charge in [0, 0.05) is 41.3 Å². The smallest absolute Gasteiger partial charge is 0.407 e. The first-order chi connectivity index (χ1) is 14.9. The maximum Gasteiger partial charge on any atom is 0.407 e. The van der Waals surface area contributed by atoms with Crippen LogP contribution < -0.4 is 10.6 Å². The normalized spacial score (nSPS) is 11.6. The second-order valence-corrected chi connectivity index (χ2v) is 8.54. The van der Waals surface area contributed by atoms with E-state index in [0.717, 1.165) is 46.3 Å². The number of rotatable bonds is 6. The lowest BCUT2D eigenvalue weighted by Gasteiger charge is -2.19. The molecule has 0 saturated heterocycles. The molecule has 0 atom stereocenters. The summed E-state index contributed by atoms with van der Waals surface area (Å²) in [4.78, 5) is 19.6. The number of ether oxygens (including phenoxy) is 1. The van der Waals surface area contributed by atoms with Crippen LogP contribution in [0.3, 0.4) is 0 Å². The maximum absolute atomic E-state index is 11.7. The third kappa shape index (κ3) is 4.97. The van der Waals surface area contributed by atoms with Gasteiger partial charge in [0.2, 0.25) is 0 Å². The van der Waals surface area contributed by atoms with Gasteiger partial charge in [0.05, 0.1) is 0 Å². The fourth-order valence-electron chi connectivity index (χ4n) is 3.63. The van der Waals surface area contributed by atoms with Crippen molar-refractivity contribution in [1.82, 2.24) is 15.3 Å². The van der Waals surface area contributed by atoms with Crippen LogP contribution in [-0.2, 0) is 4.74 Å². The monoisotopic (exact) mass is 416 g/mol. The first-order valence-electron chi connectivity index (χ1n) is 10.6. The van der Waals surface area contributed by atoms with Crippen molar-refractivity contribution in [1.29, 1.82) is 0 Å². The molecule has 6 heteroatoms. The Labute approximate surface area is 182 Å². The first-order valence-corrected chi connectivity index (χ1v) is 10.6. The number of amides is 1. The van der Waals surface area contributed by atoms with E-state index >= 15 is 0 Å². The largest absolute Gasteiger partial charge is 0.444 e. The average Bonchev–Trinajstić information content (AvgIpc) is 3.11. The lowest BCUT2D eigenvalue weighted by atomic mass is 10.0. The van der Waals surface area contributed by atoms with Crippen molar-refractivity contribution >= 4 is 33.7 Å². The summed E-state index contributed by atoms with van der Waals surface area (Å²) in [6, 6.07) is 18.7. The summed E-state index contributed by atoms with van der Waals surface area (Å²) in [6.07, 6.45) is 2.26. The summed E-state index contributed by atoms with van der Waals surface area (Å²) in [7, 11) is 0. The molecule has 2 aromatic carbocycles. The van der Waals surface area contributed by atoms with Crippen LogP contribution in [0.5, 0.6) is 0 Å². The van der Waals surface area contributed by atoms with Crippen LogP contribution in [0.2, 0.25) is 0 Å². The number of carbonyl (C=O) groups excluding carboxylic acids is 1. The number of H-pyrrole nitrogens is 1.